The van der Waals surface area contributed by atoms with Crippen LogP contribution >= 0.6 is 21.8 Å². The molecule has 0 spiro atoms. The first kappa shape index (κ1) is 10.9. The second-order valence-electron chi connectivity index (χ2n) is 3.05. The highest BCUT2D eigenvalue weighted by Gasteiger charge is 2.19. The smallest absolute Gasteiger partial charge is 0.421 e. The summed E-state index contributed by atoms with van der Waals surface area (Å²) in [6.07, 6.45) is -0.433. The first-order valence-electron chi connectivity index (χ1n) is 3.12. The van der Waals surface area contributed by atoms with Crippen LogP contribution in [0.3, 0.4) is 0 Å². The Morgan fingerprint density at radius 2 is 2.00 bits per heavy atom. The van der Waals surface area contributed by atoms with Gasteiger partial charge in [0.25, 0.3) is 0 Å². The van der Waals surface area contributed by atoms with Crippen LogP contribution in [0.1, 0.15) is 20.8 Å². The second kappa shape index (κ2) is 4.07. The molecule has 0 saturated heterocycles. The number of amides is 1. The topological polar surface area (TPSA) is 29.5 Å². The van der Waals surface area contributed by atoms with Crippen LogP contribution in [0.25, 0.3) is 0 Å². The van der Waals surface area contributed by atoms with Crippen LogP contribution in [0, 0.1) is 0 Å². The normalized spacial score (nSPS) is 11.0. The molecule has 66 valence electrons. The molecule has 0 rings (SSSR count). The van der Waals surface area contributed by atoms with Crippen LogP contribution in [0.15, 0.2) is 0 Å². The molecular weight excluding hydrogens is 186 g/mol. The average molecular weight is 198 g/mol. The van der Waals surface area contributed by atoms with Crippen LogP contribution in [-0.4, -0.2) is 23.0 Å². The fraction of sp³-hybridized carbons (Fsp3) is 0.833. The Kier molecular flexibility index (Phi) is 4.03. The zero-order chi connectivity index (χ0) is 9.07. The molecule has 11 heavy (non-hydrogen) atoms. The number of halogens is 1. The van der Waals surface area contributed by atoms with Crippen molar-refractivity contribution in [2.24, 2.45) is 0 Å². The van der Waals surface area contributed by atoms with Gasteiger partial charge in [-0.1, -0.05) is 0 Å². The Balaban J connectivity index is 3.88. The van der Waals surface area contributed by atoms with Crippen LogP contribution < -0.4 is 0 Å². The van der Waals surface area contributed by atoms with Crippen molar-refractivity contribution in [3.8, 4) is 0 Å². The number of rotatable bonds is 1. The van der Waals surface area contributed by atoms with Crippen LogP contribution in [0.2, 0.25) is 0 Å². The van der Waals surface area contributed by atoms with E-state index < -0.39 is 11.7 Å². The van der Waals surface area contributed by atoms with Crippen molar-refractivity contribution >= 4 is 27.9 Å². The third-order valence-corrected chi connectivity index (χ3v) is 1.73. The summed E-state index contributed by atoms with van der Waals surface area (Å²) >= 11 is 0.805. The third kappa shape index (κ3) is 5.21. The minimum atomic E-state index is -0.460. The molecule has 0 aromatic heterocycles. The van der Waals surface area contributed by atoms with Gasteiger partial charge in [0, 0.05) is 7.05 Å². The van der Waals surface area contributed by atoms with Gasteiger partial charge in [-0.2, -0.15) is 0 Å². The molecule has 0 heterocycles. The van der Waals surface area contributed by atoms with Crippen molar-refractivity contribution < 1.29 is 9.53 Å². The van der Waals surface area contributed by atoms with Crippen molar-refractivity contribution in [1.29, 1.82) is 0 Å². The number of ether oxygens (including phenoxy) is 1. The van der Waals surface area contributed by atoms with Crippen LogP contribution in [-0.2, 0) is 4.74 Å². The predicted octanol–water partition coefficient (Wildman–Crippen LogP) is 2.66. The fourth-order valence-electron chi connectivity index (χ4n) is 0.354. The van der Waals surface area contributed by atoms with Crippen molar-refractivity contribution in [2.45, 2.75) is 26.4 Å². The minimum Gasteiger partial charge on any atom is -0.443 e. The molecule has 0 aliphatic heterocycles. The summed E-state index contributed by atoms with van der Waals surface area (Å²) in [5.41, 5.74) is -0.460. The summed E-state index contributed by atoms with van der Waals surface area (Å²) in [6, 6.07) is 0. The quantitative estimate of drug-likeness (QED) is 0.606. The van der Waals surface area contributed by atoms with Gasteiger partial charge in [0.1, 0.15) is 5.60 Å². The number of carbonyl (C=O) groups excluding carboxylic acids is 1. The molecule has 0 aromatic carbocycles. The number of hydrogen-bond donors (Lipinski definition) is 0. The molecule has 1 amide bonds. The summed E-state index contributed by atoms with van der Waals surface area (Å²) in [7, 11) is 6.86. The van der Waals surface area contributed by atoms with E-state index in [9.17, 15) is 4.79 Å². The maximum Gasteiger partial charge on any atom is 0.421 e. The molecule has 0 aromatic rings. The zero-order valence-electron chi connectivity index (χ0n) is 7.05. The number of hydrogen-bond acceptors (Lipinski definition) is 3. The molecule has 0 saturated carbocycles. The van der Waals surface area contributed by atoms with Crippen LogP contribution in [0.4, 0.5) is 4.79 Å². The molecular formula is C6H12ClNO2S. The summed E-state index contributed by atoms with van der Waals surface area (Å²) in [5, 5.41) is 0. The highest BCUT2D eigenvalue weighted by atomic mass is 35.7. The summed E-state index contributed by atoms with van der Waals surface area (Å²) < 4.78 is 6.19. The van der Waals surface area contributed by atoms with Gasteiger partial charge >= 0.3 is 6.09 Å². The Morgan fingerprint density at radius 3 is 2.27 bits per heavy atom. The van der Waals surface area contributed by atoms with E-state index in [1.54, 1.807) is 27.8 Å². The van der Waals surface area contributed by atoms with E-state index in [2.05, 4.69) is 0 Å². The van der Waals surface area contributed by atoms with Gasteiger partial charge in [-0.3, -0.25) is 0 Å². The van der Waals surface area contributed by atoms with E-state index in [4.69, 9.17) is 15.4 Å². The molecule has 0 aliphatic rings. The van der Waals surface area contributed by atoms with Crippen LogP contribution in [0.5, 0.6) is 0 Å². The monoisotopic (exact) mass is 197 g/mol. The molecule has 3 nitrogen and oxygen atoms in total. The Morgan fingerprint density at radius 1 is 1.55 bits per heavy atom. The maximum absolute atomic E-state index is 11.0. The number of nitrogens with zero attached hydrogens (tertiary/aromatic N) is 1. The number of carbonyl (C=O) groups is 1. The standard InChI is InChI=1S/C6H12ClNO2S/c1-6(2,3)10-5(9)8(4)11-7/h1-4H3. The van der Waals surface area contributed by atoms with Gasteiger partial charge in [-0.25, -0.2) is 9.10 Å². The molecule has 0 unspecified atom stereocenters. The first-order valence-corrected chi connectivity index (χ1v) is 4.72. The minimum absolute atomic E-state index is 0.433. The summed E-state index contributed by atoms with van der Waals surface area (Å²) in [4.78, 5) is 11.0. The summed E-state index contributed by atoms with van der Waals surface area (Å²) in [6.45, 7) is 5.41. The first-order chi connectivity index (χ1) is 4.87. The second-order valence-corrected chi connectivity index (χ2v) is 4.15. The lowest BCUT2D eigenvalue weighted by Gasteiger charge is -2.22. The molecule has 0 atom stereocenters. The summed E-state index contributed by atoms with van der Waals surface area (Å²) in [5.74, 6) is 0. The largest absolute Gasteiger partial charge is 0.443 e. The van der Waals surface area contributed by atoms with Gasteiger partial charge in [-0.05, 0) is 31.5 Å². The van der Waals surface area contributed by atoms with Crippen molar-refractivity contribution in [1.82, 2.24) is 4.31 Å². The van der Waals surface area contributed by atoms with Gasteiger partial charge in [-0.15, -0.1) is 0 Å². The maximum atomic E-state index is 11.0. The van der Waals surface area contributed by atoms with E-state index in [0.29, 0.717) is 0 Å². The Hall–Kier alpha value is -0.0900. The lowest BCUT2D eigenvalue weighted by Crippen LogP contribution is -2.29. The fourth-order valence-corrected chi connectivity index (χ4v) is 0.617. The molecule has 0 bridgehead atoms. The van der Waals surface area contributed by atoms with E-state index in [1.165, 1.54) is 4.31 Å². The molecule has 5 heteroatoms. The van der Waals surface area contributed by atoms with E-state index in [-0.39, 0.29) is 0 Å². The SMILES string of the molecule is CN(SCl)C(=O)OC(C)(C)C. The van der Waals surface area contributed by atoms with Crippen molar-refractivity contribution in [3.05, 3.63) is 0 Å². The van der Waals surface area contributed by atoms with Gasteiger partial charge in [0.05, 0.1) is 11.2 Å². The van der Waals surface area contributed by atoms with E-state index >= 15 is 0 Å². The Bertz CT molecular complexity index is 146. The highest BCUT2D eigenvalue weighted by Crippen LogP contribution is 2.16. The van der Waals surface area contributed by atoms with Gasteiger partial charge in [0.2, 0.25) is 0 Å². The van der Waals surface area contributed by atoms with Gasteiger partial charge in [0.15, 0.2) is 0 Å². The molecule has 0 N–H and O–H groups in total. The zero-order valence-corrected chi connectivity index (χ0v) is 8.62. The molecule has 0 fully saturated rings. The lowest BCUT2D eigenvalue weighted by molar-refractivity contribution is 0.0434. The van der Waals surface area contributed by atoms with Gasteiger partial charge < -0.3 is 4.74 Å². The van der Waals surface area contributed by atoms with Crippen molar-refractivity contribution in [3.63, 3.8) is 0 Å². The predicted molar refractivity (Wildman–Crippen MR) is 47.4 cm³/mol. The highest BCUT2D eigenvalue weighted by molar-refractivity contribution is 8.19. The third-order valence-electron chi connectivity index (χ3n) is 0.754. The Labute approximate surface area is 75.7 Å². The average Bonchev–Trinajstić information content (AvgIpc) is 1.82. The van der Waals surface area contributed by atoms with E-state index in [0.717, 1.165) is 11.2 Å². The van der Waals surface area contributed by atoms with E-state index in [1.807, 2.05) is 0 Å². The lowest BCUT2D eigenvalue weighted by atomic mass is 10.2. The molecule has 0 radical (unpaired) electrons. The van der Waals surface area contributed by atoms with Crippen molar-refractivity contribution in [2.75, 3.05) is 7.05 Å². The molecule has 0 aliphatic carbocycles.